The van der Waals surface area contributed by atoms with E-state index in [2.05, 4.69) is 45.3 Å². The van der Waals surface area contributed by atoms with Gasteiger partial charge in [0.15, 0.2) is 0 Å². The molecule has 0 N–H and O–H groups in total. The predicted molar refractivity (Wildman–Crippen MR) is 99.4 cm³/mol. The maximum atomic E-state index is 11.2. The minimum Gasteiger partial charge on any atom is -0.503 e. The van der Waals surface area contributed by atoms with Gasteiger partial charge >= 0.3 is 11.9 Å². The van der Waals surface area contributed by atoms with Crippen molar-refractivity contribution in [1.82, 2.24) is 0 Å². The molecule has 6 nitrogen and oxygen atoms in total. The van der Waals surface area contributed by atoms with Crippen LogP contribution in [0.5, 0.6) is 0 Å². The van der Waals surface area contributed by atoms with Crippen LogP contribution in [0.15, 0.2) is 21.7 Å². The van der Waals surface area contributed by atoms with Crippen molar-refractivity contribution in [3.63, 3.8) is 0 Å². The molecule has 0 radical (unpaired) electrons. The Morgan fingerprint density at radius 3 is 1.74 bits per heavy atom. The first kappa shape index (κ1) is 23.8. The summed E-state index contributed by atoms with van der Waals surface area (Å²) in [6, 6.07) is 0. The molecular weight excluding hydrogens is 431 g/mol. The molecule has 0 saturated heterocycles. The summed E-state index contributed by atoms with van der Waals surface area (Å²) >= 11 is 1.83. The third-order valence-electron chi connectivity index (χ3n) is 1.81. The van der Waals surface area contributed by atoms with Crippen molar-refractivity contribution in [3.8, 4) is 11.5 Å². The molecule has 0 amide bonds. The molecule has 0 heterocycles. The van der Waals surface area contributed by atoms with E-state index in [9.17, 15) is 9.59 Å². The van der Waals surface area contributed by atoms with Crippen LogP contribution in [-0.4, -0.2) is 48.5 Å². The van der Waals surface area contributed by atoms with E-state index in [-0.39, 0.29) is 11.5 Å². The smallest absolute Gasteiger partial charge is 0.349 e. The SMILES string of the molecule is CO/C=C(\C#C[Si](C)(C)C)C(=O)OC.CO/C=C(\I)C(=O)OC. The van der Waals surface area contributed by atoms with Crippen LogP contribution in [-0.2, 0) is 28.5 Å². The van der Waals surface area contributed by atoms with Crippen molar-refractivity contribution in [2.45, 2.75) is 19.6 Å². The average molecular weight is 454 g/mol. The highest BCUT2D eigenvalue weighted by atomic mass is 127. The summed E-state index contributed by atoms with van der Waals surface area (Å²) in [5.41, 5.74) is 3.32. The Labute approximate surface area is 152 Å². The zero-order valence-corrected chi connectivity index (χ0v) is 17.6. The fourth-order valence-corrected chi connectivity index (χ4v) is 1.84. The van der Waals surface area contributed by atoms with Gasteiger partial charge in [0.2, 0.25) is 0 Å². The van der Waals surface area contributed by atoms with E-state index >= 15 is 0 Å². The number of rotatable bonds is 4. The van der Waals surface area contributed by atoms with Crippen molar-refractivity contribution in [2.24, 2.45) is 0 Å². The predicted octanol–water partition coefficient (Wildman–Crippen LogP) is 2.65. The normalized spacial score (nSPS) is 11.1. The molecule has 8 heteroatoms. The average Bonchev–Trinajstić information content (AvgIpc) is 2.49. The van der Waals surface area contributed by atoms with Crippen LogP contribution in [0.4, 0.5) is 0 Å². The largest absolute Gasteiger partial charge is 0.503 e. The highest BCUT2D eigenvalue weighted by Crippen LogP contribution is 2.06. The number of hydrogen-bond donors (Lipinski definition) is 0. The summed E-state index contributed by atoms with van der Waals surface area (Å²) in [7, 11) is 4.12. The first-order valence-electron chi connectivity index (χ1n) is 6.44. The monoisotopic (exact) mass is 454 g/mol. The molecule has 0 aromatic rings. The van der Waals surface area contributed by atoms with Crippen LogP contribution in [0, 0.1) is 11.5 Å². The lowest BCUT2D eigenvalue weighted by molar-refractivity contribution is -0.136. The second-order valence-electron chi connectivity index (χ2n) is 4.95. The minimum atomic E-state index is -1.47. The molecule has 0 aliphatic heterocycles. The van der Waals surface area contributed by atoms with Gasteiger partial charge in [0, 0.05) is 0 Å². The number of carbonyl (C=O) groups excluding carboxylic acids is 2. The molecule has 0 aliphatic carbocycles. The lowest BCUT2D eigenvalue weighted by atomic mass is 10.3. The van der Waals surface area contributed by atoms with E-state index in [0.29, 0.717) is 3.58 Å². The van der Waals surface area contributed by atoms with Crippen LogP contribution < -0.4 is 0 Å². The number of ether oxygens (including phenoxy) is 4. The summed E-state index contributed by atoms with van der Waals surface area (Å²) in [4.78, 5) is 21.7. The Bertz CT molecular complexity index is 508. The van der Waals surface area contributed by atoms with Gasteiger partial charge in [-0.05, 0) is 22.6 Å². The number of methoxy groups -OCH3 is 4. The quantitative estimate of drug-likeness (QED) is 0.163. The first-order chi connectivity index (χ1) is 10.6. The molecule has 0 aliphatic rings. The van der Waals surface area contributed by atoms with Crippen LogP contribution in [0.25, 0.3) is 0 Å². The lowest BCUT2D eigenvalue weighted by Crippen LogP contribution is -2.17. The molecule has 0 saturated carbocycles. The Kier molecular flexibility index (Phi) is 13.5. The minimum absolute atomic E-state index is 0.262. The van der Waals surface area contributed by atoms with Crippen molar-refractivity contribution in [3.05, 3.63) is 21.7 Å². The standard InChI is InChI=1S/C10H16O3Si.C5H7IO3/c1-12-8-9(10(11)13-2)6-7-14(3,4)5;1-8-3-4(6)5(7)9-2/h8H,1-5H3;3H,1-2H3/b9-8+;4-3-. The van der Waals surface area contributed by atoms with Gasteiger partial charge in [-0.25, -0.2) is 9.59 Å². The van der Waals surface area contributed by atoms with Crippen LogP contribution in [0.3, 0.4) is 0 Å². The molecule has 0 bridgehead atoms. The Morgan fingerprint density at radius 1 is 0.913 bits per heavy atom. The van der Waals surface area contributed by atoms with Crippen molar-refractivity contribution in [2.75, 3.05) is 28.4 Å². The molecule has 0 aromatic carbocycles. The van der Waals surface area contributed by atoms with Gasteiger partial charge < -0.3 is 18.9 Å². The Balaban J connectivity index is 0. The molecule has 0 atom stereocenters. The summed E-state index contributed by atoms with van der Waals surface area (Å²) in [5, 5.41) is 0. The summed E-state index contributed by atoms with van der Waals surface area (Å²) in [6.07, 6.45) is 2.63. The van der Waals surface area contributed by atoms with Gasteiger partial charge in [-0.1, -0.05) is 25.6 Å². The van der Waals surface area contributed by atoms with Gasteiger partial charge in [-0.2, -0.15) is 0 Å². The van der Waals surface area contributed by atoms with E-state index in [1.165, 1.54) is 41.0 Å². The summed E-state index contributed by atoms with van der Waals surface area (Å²) < 4.78 is 18.7. The van der Waals surface area contributed by atoms with Crippen LogP contribution in [0.2, 0.25) is 19.6 Å². The van der Waals surface area contributed by atoms with E-state index < -0.39 is 14.0 Å². The zero-order valence-electron chi connectivity index (χ0n) is 14.5. The first-order valence-corrected chi connectivity index (χ1v) is 11.0. The number of hydrogen-bond acceptors (Lipinski definition) is 6. The van der Waals surface area contributed by atoms with Crippen molar-refractivity contribution >= 4 is 42.6 Å². The number of esters is 2. The molecule has 0 aromatic heterocycles. The molecule has 130 valence electrons. The maximum absolute atomic E-state index is 11.2. The van der Waals surface area contributed by atoms with Crippen LogP contribution in [0.1, 0.15) is 0 Å². The van der Waals surface area contributed by atoms with Gasteiger partial charge in [-0.15, -0.1) is 5.54 Å². The molecule has 0 unspecified atom stereocenters. The number of carbonyl (C=O) groups is 2. The van der Waals surface area contributed by atoms with Gasteiger partial charge in [0.1, 0.15) is 29.8 Å². The number of halogens is 1. The fourth-order valence-electron chi connectivity index (χ4n) is 0.860. The molecular formula is C15H23IO6Si. The fraction of sp³-hybridized carbons (Fsp3) is 0.467. The highest BCUT2D eigenvalue weighted by Gasteiger charge is 2.11. The van der Waals surface area contributed by atoms with E-state index in [1.54, 1.807) is 0 Å². The third kappa shape index (κ3) is 13.9. The second-order valence-corrected chi connectivity index (χ2v) is 10.9. The third-order valence-corrected chi connectivity index (χ3v) is 3.38. The summed E-state index contributed by atoms with van der Waals surface area (Å²) in [6.45, 7) is 6.30. The van der Waals surface area contributed by atoms with Crippen molar-refractivity contribution in [1.29, 1.82) is 0 Å². The summed E-state index contributed by atoms with van der Waals surface area (Å²) in [5.74, 6) is 1.95. The van der Waals surface area contributed by atoms with Gasteiger partial charge in [-0.3, -0.25) is 0 Å². The van der Waals surface area contributed by atoms with Crippen molar-refractivity contribution < 1.29 is 28.5 Å². The zero-order chi connectivity index (χ0) is 18.5. The Hall–Kier alpha value is -1.47. The van der Waals surface area contributed by atoms with Crippen LogP contribution >= 0.6 is 22.6 Å². The van der Waals surface area contributed by atoms with E-state index in [0.717, 1.165) is 0 Å². The molecule has 0 spiro atoms. The molecule has 0 rings (SSSR count). The van der Waals surface area contributed by atoms with Gasteiger partial charge in [0.05, 0.1) is 28.4 Å². The topological polar surface area (TPSA) is 71.1 Å². The lowest BCUT2D eigenvalue weighted by Gasteiger charge is -2.04. The van der Waals surface area contributed by atoms with E-state index in [4.69, 9.17) is 4.74 Å². The second kappa shape index (κ2) is 13.0. The highest BCUT2D eigenvalue weighted by molar-refractivity contribution is 14.1. The van der Waals surface area contributed by atoms with Gasteiger partial charge in [0.25, 0.3) is 0 Å². The maximum Gasteiger partial charge on any atom is 0.349 e. The molecule has 0 fully saturated rings. The van der Waals surface area contributed by atoms with E-state index in [1.807, 2.05) is 22.6 Å². The molecule has 23 heavy (non-hydrogen) atoms. The Morgan fingerprint density at radius 2 is 1.39 bits per heavy atom.